The van der Waals surface area contributed by atoms with Crippen LogP contribution in [0, 0.1) is 6.92 Å². The van der Waals surface area contributed by atoms with Gasteiger partial charge in [0.05, 0.1) is 7.11 Å². The molecule has 0 saturated heterocycles. The lowest BCUT2D eigenvalue weighted by molar-refractivity contribution is 0.415. The third kappa shape index (κ3) is 3.68. The van der Waals surface area contributed by atoms with E-state index in [0.717, 1.165) is 28.1 Å². The second-order valence-electron chi connectivity index (χ2n) is 7.47. The lowest BCUT2D eigenvalue weighted by atomic mass is 10.0. The molecule has 154 valence electrons. The molecule has 3 aromatic carbocycles. The number of aromatic nitrogens is 3. The van der Waals surface area contributed by atoms with Gasteiger partial charge in [-0.2, -0.15) is 4.98 Å². The predicted octanol–water partition coefficient (Wildman–Crippen LogP) is 5.97. The first-order valence-electron chi connectivity index (χ1n) is 10.0. The molecule has 0 unspecified atom stereocenters. The average molecular weight is 429 g/mol. The van der Waals surface area contributed by atoms with Crippen LogP contribution < -0.4 is 10.1 Å². The number of nitrogens with zero attached hydrogens (tertiary/aromatic N) is 3. The molecule has 0 amide bonds. The van der Waals surface area contributed by atoms with Gasteiger partial charge in [0.1, 0.15) is 11.8 Å². The number of allylic oxidation sites excluding steroid dienone is 1. The number of benzene rings is 3. The largest absolute Gasteiger partial charge is 0.497 e. The van der Waals surface area contributed by atoms with E-state index in [4.69, 9.17) is 26.4 Å². The molecule has 5 rings (SSSR count). The van der Waals surface area contributed by atoms with E-state index in [0.29, 0.717) is 16.8 Å². The summed E-state index contributed by atoms with van der Waals surface area (Å²) in [6.45, 7) is 2.06. The lowest BCUT2D eigenvalue weighted by Crippen LogP contribution is -2.20. The predicted molar refractivity (Wildman–Crippen MR) is 124 cm³/mol. The highest BCUT2D eigenvalue weighted by Crippen LogP contribution is 2.36. The topological polar surface area (TPSA) is 52.0 Å². The standard InChI is InChI=1S/C25H21ClN4O/c1-16-7-9-18(10-8-16)24-28-25-27-22(17-11-13-19(31-2)14-12-17)15-23(30(25)29-24)20-5-3-4-6-21(20)26/h3-15,23H,1-2H3,(H,27,28,29)/t23-/m1/s1. The van der Waals surface area contributed by atoms with Crippen LogP contribution in [0.15, 0.2) is 78.9 Å². The van der Waals surface area contributed by atoms with Crippen molar-refractivity contribution in [1.82, 2.24) is 14.8 Å². The number of ether oxygens (including phenoxy) is 1. The molecule has 4 aromatic rings. The quantitative estimate of drug-likeness (QED) is 0.435. The summed E-state index contributed by atoms with van der Waals surface area (Å²) >= 11 is 6.57. The molecule has 1 aromatic heterocycles. The summed E-state index contributed by atoms with van der Waals surface area (Å²) < 4.78 is 7.19. The Morgan fingerprint density at radius 3 is 2.35 bits per heavy atom. The first-order chi connectivity index (χ1) is 15.1. The van der Waals surface area contributed by atoms with Crippen LogP contribution in [0.4, 0.5) is 5.95 Å². The summed E-state index contributed by atoms with van der Waals surface area (Å²) in [5.41, 5.74) is 5.12. The number of aryl methyl sites for hydroxylation is 1. The van der Waals surface area contributed by atoms with Crippen molar-refractivity contribution in [2.24, 2.45) is 0 Å². The highest BCUT2D eigenvalue weighted by Gasteiger charge is 2.27. The number of anilines is 1. The Labute approximate surface area is 186 Å². The van der Waals surface area contributed by atoms with Crippen molar-refractivity contribution >= 4 is 23.2 Å². The van der Waals surface area contributed by atoms with Crippen LogP contribution in [0.5, 0.6) is 5.75 Å². The normalized spacial score (nSPS) is 15.1. The van der Waals surface area contributed by atoms with Crippen molar-refractivity contribution < 1.29 is 4.74 Å². The van der Waals surface area contributed by atoms with Crippen molar-refractivity contribution in [2.45, 2.75) is 13.0 Å². The molecule has 1 aliphatic heterocycles. The molecule has 5 nitrogen and oxygen atoms in total. The van der Waals surface area contributed by atoms with Crippen molar-refractivity contribution in [3.05, 3.63) is 101 Å². The molecular formula is C25H21ClN4O. The van der Waals surface area contributed by atoms with Crippen LogP contribution in [0.3, 0.4) is 0 Å². The maximum absolute atomic E-state index is 6.57. The SMILES string of the molecule is COc1ccc(C2=C[C@H](c3ccccc3Cl)n3nc(-c4ccc(C)cc4)nc3N2)cc1. The Kier molecular flexibility index (Phi) is 4.96. The summed E-state index contributed by atoms with van der Waals surface area (Å²) in [5, 5.41) is 8.96. The number of hydrogen-bond donors (Lipinski definition) is 1. The van der Waals surface area contributed by atoms with E-state index in [-0.39, 0.29) is 6.04 Å². The van der Waals surface area contributed by atoms with Crippen molar-refractivity contribution in [3.8, 4) is 17.1 Å². The molecule has 0 radical (unpaired) electrons. The van der Waals surface area contributed by atoms with Gasteiger partial charge in [0.15, 0.2) is 5.82 Å². The minimum absolute atomic E-state index is 0.186. The number of methoxy groups -OCH3 is 1. The molecule has 31 heavy (non-hydrogen) atoms. The Bertz CT molecular complexity index is 1260. The van der Waals surface area contributed by atoms with Gasteiger partial charge in [0.2, 0.25) is 5.95 Å². The van der Waals surface area contributed by atoms with Crippen molar-refractivity contribution in [1.29, 1.82) is 0 Å². The van der Waals surface area contributed by atoms with Gasteiger partial charge in [0.25, 0.3) is 0 Å². The molecule has 1 N–H and O–H groups in total. The van der Waals surface area contributed by atoms with E-state index in [1.807, 2.05) is 65.3 Å². The van der Waals surface area contributed by atoms with E-state index >= 15 is 0 Å². The number of halogens is 1. The van der Waals surface area contributed by atoms with Crippen LogP contribution in [0.2, 0.25) is 5.02 Å². The summed E-state index contributed by atoms with van der Waals surface area (Å²) in [5.74, 6) is 2.16. The van der Waals surface area contributed by atoms with Gasteiger partial charge in [-0.25, -0.2) is 4.68 Å². The number of nitrogens with one attached hydrogen (secondary N) is 1. The minimum atomic E-state index is -0.186. The monoisotopic (exact) mass is 428 g/mol. The molecule has 6 heteroatoms. The minimum Gasteiger partial charge on any atom is -0.497 e. The highest BCUT2D eigenvalue weighted by atomic mass is 35.5. The van der Waals surface area contributed by atoms with Gasteiger partial charge < -0.3 is 10.1 Å². The average Bonchev–Trinajstić information content (AvgIpc) is 3.24. The third-order valence-electron chi connectivity index (χ3n) is 5.40. The summed E-state index contributed by atoms with van der Waals surface area (Å²) in [6.07, 6.45) is 2.13. The summed E-state index contributed by atoms with van der Waals surface area (Å²) in [6, 6.07) is 23.8. The summed E-state index contributed by atoms with van der Waals surface area (Å²) in [4.78, 5) is 4.80. The van der Waals surface area contributed by atoms with E-state index in [2.05, 4.69) is 30.4 Å². The zero-order chi connectivity index (χ0) is 21.4. The lowest BCUT2D eigenvalue weighted by Gasteiger charge is -2.25. The molecule has 1 atom stereocenters. The van der Waals surface area contributed by atoms with Crippen LogP contribution in [0.25, 0.3) is 17.1 Å². The second-order valence-corrected chi connectivity index (χ2v) is 7.88. The maximum atomic E-state index is 6.57. The van der Waals surface area contributed by atoms with Gasteiger partial charge in [-0.15, -0.1) is 5.10 Å². The Morgan fingerprint density at radius 2 is 1.65 bits per heavy atom. The molecule has 0 spiro atoms. The molecule has 0 aliphatic carbocycles. The molecule has 2 heterocycles. The van der Waals surface area contributed by atoms with Gasteiger partial charge in [-0.3, -0.25) is 0 Å². The van der Waals surface area contributed by atoms with Crippen LogP contribution in [-0.4, -0.2) is 21.9 Å². The Balaban J connectivity index is 1.62. The van der Waals surface area contributed by atoms with E-state index in [9.17, 15) is 0 Å². The van der Waals surface area contributed by atoms with Gasteiger partial charge in [0, 0.05) is 16.3 Å². The van der Waals surface area contributed by atoms with E-state index in [1.54, 1.807) is 7.11 Å². The zero-order valence-corrected chi connectivity index (χ0v) is 18.0. The second kappa shape index (κ2) is 7.93. The smallest absolute Gasteiger partial charge is 0.227 e. The number of hydrogen-bond acceptors (Lipinski definition) is 4. The fourth-order valence-electron chi connectivity index (χ4n) is 3.69. The maximum Gasteiger partial charge on any atom is 0.227 e. The van der Waals surface area contributed by atoms with Crippen LogP contribution in [0.1, 0.15) is 22.7 Å². The van der Waals surface area contributed by atoms with Crippen LogP contribution in [-0.2, 0) is 0 Å². The molecule has 0 saturated carbocycles. The molecule has 0 fully saturated rings. The van der Waals surface area contributed by atoms with Gasteiger partial charge >= 0.3 is 0 Å². The first kappa shape index (κ1) is 19.4. The third-order valence-corrected chi connectivity index (χ3v) is 5.74. The fraction of sp³-hybridized carbons (Fsp3) is 0.120. The number of rotatable bonds is 4. The summed E-state index contributed by atoms with van der Waals surface area (Å²) in [7, 11) is 1.66. The Morgan fingerprint density at radius 1 is 0.935 bits per heavy atom. The van der Waals surface area contributed by atoms with E-state index < -0.39 is 0 Å². The Hall–Kier alpha value is -3.57. The molecular weight excluding hydrogens is 408 g/mol. The molecule has 1 aliphatic rings. The zero-order valence-electron chi connectivity index (χ0n) is 17.2. The van der Waals surface area contributed by atoms with Gasteiger partial charge in [-0.1, -0.05) is 59.6 Å². The van der Waals surface area contributed by atoms with Crippen molar-refractivity contribution in [3.63, 3.8) is 0 Å². The van der Waals surface area contributed by atoms with E-state index in [1.165, 1.54) is 5.56 Å². The first-order valence-corrected chi connectivity index (χ1v) is 10.4. The molecule has 0 bridgehead atoms. The highest BCUT2D eigenvalue weighted by molar-refractivity contribution is 6.31. The number of fused-ring (bicyclic) bond motifs is 1. The van der Waals surface area contributed by atoms with Gasteiger partial charge in [-0.05, 0) is 54.5 Å². The van der Waals surface area contributed by atoms with Crippen molar-refractivity contribution in [2.75, 3.05) is 12.4 Å². The fourth-order valence-corrected chi connectivity index (χ4v) is 3.94. The van der Waals surface area contributed by atoms with Crippen LogP contribution >= 0.6 is 11.6 Å².